The summed E-state index contributed by atoms with van der Waals surface area (Å²) >= 11 is 0. The lowest BCUT2D eigenvalue weighted by Crippen LogP contribution is -2.25. The molecule has 0 atom stereocenters. The van der Waals surface area contributed by atoms with Crippen LogP contribution in [0.3, 0.4) is 0 Å². The number of hydrogen-bond donors (Lipinski definition) is 3. The van der Waals surface area contributed by atoms with Crippen molar-refractivity contribution in [3.63, 3.8) is 0 Å². The fraction of sp³-hybridized carbons (Fsp3) is 0.235. The van der Waals surface area contributed by atoms with Crippen molar-refractivity contribution in [3.05, 3.63) is 53.5 Å². The first kappa shape index (κ1) is 17.3. The summed E-state index contributed by atoms with van der Waals surface area (Å²) in [5, 5.41) is 5.33. The lowest BCUT2D eigenvalue weighted by atomic mass is 10.1. The summed E-state index contributed by atoms with van der Waals surface area (Å²) in [5.41, 5.74) is 6.74. The molecular formula is C17H19N3O4. The van der Waals surface area contributed by atoms with E-state index >= 15 is 0 Å². The number of furan rings is 1. The predicted octanol–water partition coefficient (Wildman–Crippen LogP) is 1.84. The number of carbonyl (C=O) groups is 3. The maximum absolute atomic E-state index is 12.0. The van der Waals surface area contributed by atoms with Gasteiger partial charge in [-0.25, -0.2) is 0 Å². The van der Waals surface area contributed by atoms with Crippen LogP contribution in [-0.4, -0.2) is 24.3 Å². The Morgan fingerprint density at radius 1 is 1.17 bits per heavy atom. The molecular weight excluding hydrogens is 310 g/mol. The molecule has 1 aromatic carbocycles. The second-order valence-corrected chi connectivity index (χ2v) is 5.25. The van der Waals surface area contributed by atoms with Gasteiger partial charge in [0.15, 0.2) is 5.76 Å². The molecule has 1 aromatic heterocycles. The van der Waals surface area contributed by atoms with Crippen LogP contribution in [0.25, 0.3) is 0 Å². The average molecular weight is 329 g/mol. The lowest BCUT2D eigenvalue weighted by Gasteiger charge is -2.11. The predicted molar refractivity (Wildman–Crippen MR) is 88.6 cm³/mol. The zero-order valence-electron chi connectivity index (χ0n) is 13.3. The van der Waals surface area contributed by atoms with E-state index in [4.69, 9.17) is 10.2 Å². The topological polar surface area (TPSA) is 114 Å². The maximum atomic E-state index is 12.0. The SMILES string of the molecule is Cc1cccc(NC(=O)CCCNC(=O)c2ccco2)c1C(N)=O. The van der Waals surface area contributed by atoms with Crippen LogP contribution in [0, 0.1) is 6.92 Å². The Balaban J connectivity index is 1.81. The molecule has 0 fully saturated rings. The molecule has 0 saturated carbocycles. The monoisotopic (exact) mass is 329 g/mol. The second-order valence-electron chi connectivity index (χ2n) is 5.25. The summed E-state index contributed by atoms with van der Waals surface area (Å²) < 4.78 is 4.96. The van der Waals surface area contributed by atoms with Gasteiger partial charge >= 0.3 is 0 Å². The minimum absolute atomic E-state index is 0.199. The van der Waals surface area contributed by atoms with Crippen molar-refractivity contribution >= 4 is 23.4 Å². The minimum Gasteiger partial charge on any atom is -0.459 e. The molecule has 7 heteroatoms. The molecule has 1 heterocycles. The number of benzene rings is 1. The molecule has 0 aliphatic carbocycles. The molecule has 2 rings (SSSR count). The Morgan fingerprint density at radius 2 is 1.96 bits per heavy atom. The van der Waals surface area contributed by atoms with Crippen LogP contribution in [0.2, 0.25) is 0 Å². The molecule has 4 N–H and O–H groups in total. The summed E-state index contributed by atoms with van der Waals surface area (Å²) in [6.45, 7) is 2.09. The van der Waals surface area contributed by atoms with Crippen LogP contribution in [-0.2, 0) is 4.79 Å². The van der Waals surface area contributed by atoms with E-state index in [-0.39, 0.29) is 24.0 Å². The van der Waals surface area contributed by atoms with E-state index in [0.29, 0.717) is 29.8 Å². The summed E-state index contributed by atoms with van der Waals surface area (Å²) in [6, 6.07) is 8.30. The van der Waals surface area contributed by atoms with Crippen LogP contribution in [0.4, 0.5) is 5.69 Å². The molecule has 0 aliphatic rings. The van der Waals surface area contributed by atoms with Crippen molar-refractivity contribution in [1.82, 2.24) is 5.32 Å². The molecule has 7 nitrogen and oxygen atoms in total. The van der Waals surface area contributed by atoms with Crippen molar-refractivity contribution in [1.29, 1.82) is 0 Å². The van der Waals surface area contributed by atoms with Crippen molar-refractivity contribution in [2.24, 2.45) is 5.73 Å². The maximum Gasteiger partial charge on any atom is 0.286 e. The number of carbonyl (C=O) groups excluding carboxylic acids is 3. The van der Waals surface area contributed by atoms with Gasteiger partial charge in [0.2, 0.25) is 5.91 Å². The summed E-state index contributed by atoms with van der Waals surface area (Å²) in [4.78, 5) is 35.1. The smallest absolute Gasteiger partial charge is 0.286 e. The molecule has 0 spiro atoms. The van der Waals surface area contributed by atoms with E-state index in [2.05, 4.69) is 10.6 Å². The first-order valence-corrected chi connectivity index (χ1v) is 7.50. The Morgan fingerprint density at radius 3 is 2.62 bits per heavy atom. The van der Waals surface area contributed by atoms with Gasteiger partial charge in [0.25, 0.3) is 11.8 Å². The number of primary amides is 1. The fourth-order valence-electron chi connectivity index (χ4n) is 2.26. The molecule has 126 valence electrons. The van der Waals surface area contributed by atoms with Crippen LogP contribution in [0.1, 0.15) is 39.3 Å². The molecule has 2 aromatic rings. The summed E-state index contributed by atoms with van der Waals surface area (Å²) in [5.74, 6) is -0.940. The highest BCUT2D eigenvalue weighted by Crippen LogP contribution is 2.19. The molecule has 0 saturated heterocycles. The van der Waals surface area contributed by atoms with E-state index in [0.717, 1.165) is 0 Å². The number of nitrogens with two attached hydrogens (primary N) is 1. The molecule has 0 unspecified atom stereocenters. The van der Waals surface area contributed by atoms with Crippen molar-refractivity contribution in [2.45, 2.75) is 19.8 Å². The van der Waals surface area contributed by atoms with Gasteiger partial charge in [0.1, 0.15) is 0 Å². The Labute approximate surface area is 139 Å². The Bertz CT molecular complexity index is 738. The van der Waals surface area contributed by atoms with Gasteiger partial charge in [0, 0.05) is 13.0 Å². The first-order valence-electron chi connectivity index (χ1n) is 7.50. The summed E-state index contributed by atoms with van der Waals surface area (Å²) in [7, 11) is 0. The largest absolute Gasteiger partial charge is 0.459 e. The van der Waals surface area contributed by atoms with Crippen molar-refractivity contribution in [2.75, 3.05) is 11.9 Å². The standard InChI is InChI=1S/C17H19N3O4/c1-11-5-2-6-12(15(11)16(18)22)20-14(21)8-3-9-19-17(23)13-7-4-10-24-13/h2,4-7,10H,3,8-9H2,1H3,(H2,18,22)(H,19,23)(H,20,21). The molecule has 24 heavy (non-hydrogen) atoms. The Kier molecular flexibility index (Phi) is 5.73. The van der Waals surface area contributed by atoms with Crippen LogP contribution >= 0.6 is 0 Å². The molecule has 0 bridgehead atoms. The number of amides is 3. The highest BCUT2D eigenvalue weighted by molar-refractivity contribution is 6.04. The first-order chi connectivity index (χ1) is 11.5. The van der Waals surface area contributed by atoms with Gasteiger partial charge in [-0.15, -0.1) is 0 Å². The third-order valence-corrected chi connectivity index (χ3v) is 3.40. The average Bonchev–Trinajstić information content (AvgIpc) is 3.05. The lowest BCUT2D eigenvalue weighted by molar-refractivity contribution is -0.116. The Hall–Kier alpha value is -3.09. The number of aryl methyl sites for hydroxylation is 1. The van der Waals surface area contributed by atoms with Crippen molar-refractivity contribution < 1.29 is 18.8 Å². The summed E-state index contributed by atoms with van der Waals surface area (Å²) in [6.07, 6.45) is 2.07. The number of nitrogens with one attached hydrogen (secondary N) is 2. The minimum atomic E-state index is -0.589. The third-order valence-electron chi connectivity index (χ3n) is 3.40. The highest BCUT2D eigenvalue weighted by Gasteiger charge is 2.13. The van der Waals surface area contributed by atoms with Crippen LogP contribution < -0.4 is 16.4 Å². The van der Waals surface area contributed by atoms with Crippen LogP contribution in [0.5, 0.6) is 0 Å². The van der Waals surface area contributed by atoms with E-state index in [1.54, 1.807) is 37.3 Å². The molecule has 0 aliphatic heterocycles. The van der Waals surface area contributed by atoms with Crippen LogP contribution in [0.15, 0.2) is 41.0 Å². The van der Waals surface area contributed by atoms with E-state index in [9.17, 15) is 14.4 Å². The normalized spacial score (nSPS) is 10.2. The van der Waals surface area contributed by atoms with Gasteiger partial charge in [-0.3, -0.25) is 14.4 Å². The second kappa shape index (κ2) is 7.96. The fourth-order valence-corrected chi connectivity index (χ4v) is 2.26. The van der Waals surface area contributed by atoms with Crippen molar-refractivity contribution in [3.8, 4) is 0 Å². The van der Waals surface area contributed by atoms with Gasteiger partial charge in [-0.05, 0) is 37.1 Å². The van der Waals surface area contributed by atoms with E-state index in [1.165, 1.54) is 6.26 Å². The van der Waals surface area contributed by atoms with E-state index in [1.807, 2.05) is 0 Å². The van der Waals surface area contributed by atoms with Gasteiger partial charge in [-0.2, -0.15) is 0 Å². The van der Waals surface area contributed by atoms with Gasteiger partial charge < -0.3 is 20.8 Å². The molecule has 3 amide bonds. The number of rotatable bonds is 7. The zero-order valence-corrected chi connectivity index (χ0v) is 13.3. The third kappa shape index (κ3) is 4.45. The zero-order chi connectivity index (χ0) is 17.5. The quantitative estimate of drug-likeness (QED) is 0.672. The van der Waals surface area contributed by atoms with Gasteiger partial charge in [-0.1, -0.05) is 12.1 Å². The van der Waals surface area contributed by atoms with E-state index < -0.39 is 5.91 Å². The van der Waals surface area contributed by atoms with Gasteiger partial charge in [0.05, 0.1) is 17.5 Å². The highest BCUT2D eigenvalue weighted by atomic mass is 16.3. The number of anilines is 1. The number of hydrogen-bond acceptors (Lipinski definition) is 4. The molecule has 0 radical (unpaired) electrons.